The van der Waals surface area contributed by atoms with Crippen LogP contribution in [0.15, 0.2) is 29.8 Å². The fraction of sp³-hybridized carbons (Fsp3) is 0.474. The van der Waals surface area contributed by atoms with Gasteiger partial charge in [0.05, 0.1) is 0 Å². The second kappa shape index (κ2) is 9.60. The van der Waals surface area contributed by atoms with Crippen LogP contribution in [0.5, 0.6) is 0 Å². The smallest absolute Gasteiger partial charge is 0.360 e. The SMILES string of the molecule is C/C(=C\c1ccccc1C(C)C)CC(O)([PH+]=O)C(CCC(N)=O)C(=O)O. The van der Waals surface area contributed by atoms with Gasteiger partial charge in [0.25, 0.3) is 5.34 Å². The molecule has 1 rings (SSSR count). The Bertz CT molecular complexity index is 701. The Morgan fingerprint density at radius 2 is 1.92 bits per heavy atom. The van der Waals surface area contributed by atoms with E-state index in [4.69, 9.17) is 5.73 Å². The van der Waals surface area contributed by atoms with E-state index in [1.54, 1.807) is 6.92 Å². The zero-order valence-corrected chi connectivity index (χ0v) is 16.4. The summed E-state index contributed by atoms with van der Waals surface area (Å²) in [5.74, 6) is -2.99. The number of hydrogen-bond donors (Lipinski definition) is 3. The quantitative estimate of drug-likeness (QED) is 0.538. The minimum atomic E-state index is -1.95. The molecule has 6 nitrogen and oxygen atoms in total. The van der Waals surface area contributed by atoms with Crippen molar-refractivity contribution in [3.8, 4) is 0 Å². The van der Waals surface area contributed by atoms with Gasteiger partial charge in [-0.25, -0.2) is 0 Å². The largest absolute Gasteiger partial charge is 0.481 e. The van der Waals surface area contributed by atoms with Crippen molar-refractivity contribution in [2.24, 2.45) is 11.7 Å². The molecule has 0 saturated heterocycles. The fourth-order valence-corrected chi connectivity index (χ4v) is 3.75. The number of aliphatic carboxylic acids is 1. The highest BCUT2D eigenvalue weighted by Crippen LogP contribution is 2.38. The molecule has 3 unspecified atom stereocenters. The van der Waals surface area contributed by atoms with Crippen molar-refractivity contribution in [2.75, 3.05) is 0 Å². The molecule has 26 heavy (non-hydrogen) atoms. The highest BCUT2D eigenvalue weighted by molar-refractivity contribution is 7.25. The maximum absolute atomic E-state index is 11.7. The number of amides is 1. The van der Waals surface area contributed by atoms with Gasteiger partial charge in [-0.3, -0.25) is 9.59 Å². The van der Waals surface area contributed by atoms with Crippen molar-refractivity contribution in [1.29, 1.82) is 0 Å². The third-order valence-corrected chi connectivity index (χ3v) is 5.18. The summed E-state index contributed by atoms with van der Waals surface area (Å²) in [6.07, 6.45) is 1.44. The molecule has 0 heterocycles. The number of carboxylic acid groups (broad SMARTS) is 1. The van der Waals surface area contributed by atoms with Crippen LogP contribution in [0.3, 0.4) is 0 Å². The maximum atomic E-state index is 11.7. The number of benzene rings is 1. The first-order valence-corrected chi connectivity index (χ1v) is 9.40. The average molecular weight is 380 g/mol. The normalized spacial score (nSPS) is 15.7. The van der Waals surface area contributed by atoms with Gasteiger partial charge in [-0.2, -0.15) is 0 Å². The molecule has 1 amide bonds. The first-order valence-electron chi connectivity index (χ1n) is 8.49. The van der Waals surface area contributed by atoms with Gasteiger partial charge in [0, 0.05) is 12.8 Å². The Balaban J connectivity index is 3.12. The predicted molar refractivity (Wildman–Crippen MR) is 102 cm³/mol. The number of carboxylic acids is 1. The number of rotatable bonds is 10. The summed E-state index contributed by atoms with van der Waals surface area (Å²) < 4.78 is 11.7. The number of primary amides is 1. The van der Waals surface area contributed by atoms with E-state index in [1.807, 2.05) is 30.3 Å². The summed E-state index contributed by atoms with van der Waals surface area (Å²) in [5.41, 5.74) is 7.88. The molecule has 4 N–H and O–H groups in total. The lowest BCUT2D eigenvalue weighted by Gasteiger charge is -2.22. The Hall–Kier alpha value is -2.04. The summed E-state index contributed by atoms with van der Waals surface area (Å²) in [4.78, 5) is 22.5. The van der Waals surface area contributed by atoms with Crippen LogP contribution in [0.2, 0.25) is 0 Å². The first kappa shape index (κ1) is 22.0. The fourth-order valence-electron chi connectivity index (χ4n) is 2.99. The van der Waals surface area contributed by atoms with E-state index < -0.39 is 31.6 Å². The van der Waals surface area contributed by atoms with Gasteiger partial charge in [0.2, 0.25) is 5.91 Å². The minimum Gasteiger partial charge on any atom is -0.481 e. The molecule has 0 bridgehead atoms. The third-order valence-electron chi connectivity index (χ3n) is 4.30. The van der Waals surface area contributed by atoms with Crippen molar-refractivity contribution < 1.29 is 24.4 Å². The zero-order chi connectivity index (χ0) is 19.9. The third kappa shape index (κ3) is 6.04. The molecular formula is C19H27NO5P+. The van der Waals surface area contributed by atoms with Gasteiger partial charge in [-0.15, -0.1) is 0 Å². The van der Waals surface area contributed by atoms with Crippen LogP contribution < -0.4 is 5.73 Å². The van der Waals surface area contributed by atoms with Crippen LogP contribution in [-0.2, 0) is 14.2 Å². The first-order chi connectivity index (χ1) is 12.1. The van der Waals surface area contributed by atoms with Gasteiger partial charge in [-0.1, -0.05) is 54.3 Å². The Kier molecular flexibility index (Phi) is 8.12. The van der Waals surface area contributed by atoms with Gasteiger partial charge in [0.1, 0.15) is 5.92 Å². The van der Waals surface area contributed by atoms with Crippen LogP contribution in [0.25, 0.3) is 6.08 Å². The predicted octanol–water partition coefficient (Wildman–Crippen LogP) is 3.28. The van der Waals surface area contributed by atoms with E-state index in [0.717, 1.165) is 11.1 Å². The summed E-state index contributed by atoms with van der Waals surface area (Å²) in [5, 5.41) is 18.2. The number of hydrogen-bond acceptors (Lipinski definition) is 4. The van der Waals surface area contributed by atoms with Crippen LogP contribution in [0.1, 0.15) is 57.1 Å². The van der Waals surface area contributed by atoms with Crippen molar-refractivity contribution >= 4 is 26.4 Å². The summed E-state index contributed by atoms with van der Waals surface area (Å²) in [7, 11) is -1.24. The van der Waals surface area contributed by atoms with Crippen LogP contribution in [-0.4, -0.2) is 27.4 Å². The topological polar surface area (TPSA) is 118 Å². The minimum absolute atomic E-state index is 0.0723. The molecule has 3 atom stereocenters. The van der Waals surface area contributed by atoms with Crippen LogP contribution in [0.4, 0.5) is 0 Å². The Labute approximate surface area is 155 Å². The molecular weight excluding hydrogens is 353 g/mol. The van der Waals surface area contributed by atoms with Gasteiger partial charge >= 0.3 is 14.4 Å². The summed E-state index contributed by atoms with van der Waals surface area (Å²) in [6.45, 7) is 5.90. The number of carbonyl (C=O) groups excluding carboxylic acids is 1. The number of nitrogens with two attached hydrogens (primary N) is 1. The lowest BCUT2D eigenvalue weighted by molar-refractivity contribution is -0.147. The molecule has 0 aromatic heterocycles. The zero-order valence-electron chi connectivity index (χ0n) is 15.4. The molecule has 1 aromatic rings. The monoisotopic (exact) mass is 380 g/mol. The molecule has 7 heteroatoms. The maximum Gasteiger partial charge on any atom is 0.360 e. The molecule has 0 aliphatic carbocycles. The number of aliphatic hydroxyl groups is 1. The van der Waals surface area contributed by atoms with Gasteiger partial charge in [0.15, 0.2) is 0 Å². The standard InChI is InChI=1S/C19H26NO5P/c1-12(2)15-7-5-4-6-14(15)10-13(3)11-19(24,26-25)16(18(22)23)8-9-17(20)21/h4-7,10,12,16,24H,8-9,11H2,1-3H3,(H2,20,21)(H,22,23)/p+1/b13-10+. The Morgan fingerprint density at radius 1 is 1.31 bits per heavy atom. The molecule has 0 saturated carbocycles. The molecule has 0 spiro atoms. The van der Waals surface area contributed by atoms with Crippen molar-refractivity contribution in [2.45, 2.75) is 51.3 Å². The molecule has 142 valence electrons. The average Bonchev–Trinajstić information content (AvgIpc) is 2.54. The second-order valence-corrected chi connectivity index (χ2v) is 7.94. The number of carbonyl (C=O) groups is 2. The van der Waals surface area contributed by atoms with E-state index in [9.17, 15) is 24.4 Å². The highest BCUT2D eigenvalue weighted by atomic mass is 31.1. The van der Waals surface area contributed by atoms with E-state index in [0.29, 0.717) is 11.5 Å². The lowest BCUT2D eigenvalue weighted by Crippen LogP contribution is -2.38. The van der Waals surface area contributed by atoms with Crippen LogP contribution >= 0.6 is 8.46 Å². The second-order valence-electron chi connectivity index (χ2n) is 6.87. The van der Waals surface area contributed by atoms with Crippen molar-refractivity contribution in [3.63, 3.8) is 0 Å². The van der Waals surface area contributed by atoms with Crippen molar-refractivity contribution in [3.05, 3.63) is 41.0 Å². The van der Waals surface area contributed by atoms with Crippen molar-refractivity contribution in [1.82, 2.24) is 0 Å². The molecule has 0 aliphatic heterocycles. The van der Waals surface area contributed by atoms with Gasteiger partial charge in [-0.05, 0) is 30.4 Å². The highest BCUT2D eigenvalue weighted by Gasteiger charge is 2.49. The molecule has 0 fully saturated rings. The molecule has 0 aliphatic rings. The molecule has 0 radical (unpaired) electrons. The summed E-state index contributed by atoms with van der Waals surface area (Å²) in [6, 6.07) is 7.80. The summed E-state index contributed by atoms with van der Waals surface area (Å²) >= 11 is 0. The van der Waals surface area contributed by atoms with E-state index in [-0.39, 0.29) is 19.3 Å². The van der Waals surface area contributed by atoms with E-state index >= 15 is 0 Å². The Morgan fingerprint density at radius 3 is 2.42 bits per heavy atom. The van der Waals surface area contributed by atoms with E-state index in [1.165, 1.54) is 0 Å². The molecule has 1 aromatic carbocycles. The van der Waals surface area contributed by atoms with E-state index in [2.05, 4.69) is 13.8 Å². The van der Waals surface area contributed by atoms with Gasteiger partial charge < -0.3 is 15.9 Å². The lowest BCUT2D eigenvalue weighted by atomic mass is 9.90. The van der Waals surface area contributed by atoms with Crippen LogP contribution in [0, 0.1) is 5.92 Å².